The fraction of sp³-hybridized carbons (Fsp3) is 0.438. The molecule has 48 heavy (non-hydrogen) atoms. The number of rotatable bonds is 11. The van der Waals surface area contributed by atoms with E-state index in [4.69, 9.17) is 14.6 Å². The maximum absolute atomic E-state index is 13.6. The lowest BCUT2D eigenvalue weighted by Crippen LogP contribution is -2.50. The predicted molar refractivity (Wildman–Crippen MR) is 176 cm³/mol. The van der Waals surface area contributed by atoms with Crippen LogP contribution < -0.4 is 21.0 Å². The minimum Gasteiger partial charge on any atom is -0.434 e. The van der Waals surface area contributed by atoms with Crippen LogP contribution in [-0.4, -0.2) is 90.4 Å². The summed E-state index contributed by atoms with van der Waals surface area (Å²) in [5, 5.41) is 14.3. The van der Waals surface area contributed by atoms with Crippen molar-refractivity contribution in [1.29, 1.82) is 0 Å². The Morgan fingerprint density at radius 1 is 1.21 bits per heavy atom. The first-order chi connectivity index (χ1) is 23.3. The number of hydrazine groups is 2. The SMILES string of the molecule is CC(C)Sc1ccc(OC(F)F)c(-c2nn(CC3=CN(C4CCN(C5CCOC5)CC4)NN3)cc2NC(=O)c2cnn3cccnc23)c1. The fourth-order valence-corrected chi connectivity index (χ4v) is 7.24. The van der Waals surface area contributed by atoms with E-state index in [-0.39, 0.29) is 16.6 Å². The number of piperidine rings is 1. The molecule has 2 fully saturated rings. The van der Waals surface area contributed by atoms with Gasteiger partial charge in [0.1, 0.15) is 17.0 Å². The highest BCUT2D eigenvalue weighted by Gasteiger charge is 2.31. The summed E-state index contributed by atoms with van der Waals surface area (Å²) in [6.07, 6.45) is 11.6. The highest BCUT2D eigenvalue weighted by Crippen LogP contribution is 2.39. The largest absolute Gasteiger partial charge is 0.434 e. The number of benzene rings is 1. The van der Waals surface area contributed by atoms with E-state index in [1.807, 2.05) is 20.0 Å². The van der Waals surface area contributed by atoms with Crippen molar-refractivity contribution < 1.29 is 23.0 Å². The summed E-state index contributed by atoms with van der Waals surface area (Å²) in [7, 11) is 0. The van der Waals surface area contributed by atoms with Gasteiger partial charge in [-0.2, -0.15) is 19.0 Å². The second-order valence-corrected chi connectivity index (χ2v) is 13.9. The van der Waals surface area contributed by atoms with Crippen LogP contribution in [0.15, 0.2) is 65.8 Å². The maximum Gasteiger partial charge on any atom is 0.387 e. The summed E-state index contributed by atoms with van der Waals surface area (Å²) < 4.78 is 40.8. The Balaban J connectivity index is 1.16. The molecule has 1 unspecified atom stereocenters. The Hall–Kier alpha value is -4.25. The zero-order valence-electron chi connectivity index (χ0n) is 26.7. The lowest BCUT2D eigenvalue weighted by molar-refractivity contribution is -0.0494. The normalized spacial score (nSPS) is 19.0. The molecular weight excluding hydrogens is 642 g/mol. The van der Waals surface area contributed by atoms with Gasteiger partial charge in [0.15, 0.2) is 5.65 Å². The number of carbonyl (C=O) groups is 1. The number of thioether (sulfide) groups is 1. The lowest BCUT2D eigenvalue weighted by Gasteiger charge is -2.38. The Kier molecular flexibility index (Phi) is 9.48. The second-order valence-electron chi connectivity index (χ2n) is 12.3. The number of hydrogen-bond donors (Lipinski definition) is 3. The summed E-state index contributed by atoms with van der Waals surface area (Å²) in [4.78, 5) is 21.3. The van der Waals surface area contributed by atoms with Gasteiger partial charge < -0.3 is 20.2 Å². The van der Waals surface area contributed by atoms with Crippen LogP contribution >= 0.6 is 11.8 Å². The van der Waals surface area contributed by atoms with Crippen molar-refractivity contribution in [2.24, 2.45) is 0 Å². The summed E-state index contributed by atoms with van der Waals surface area (Å²) in [5.74, 6) is -0.506. The molecule has 13 nitrogen and oxygen atoms in total. The number of halogens is 2. The Morgan fingerprint density at radius 3 is 2.83 bits per heavy atom. The first-order valence-electron chi connectivity index (χ1n) is 16.1. The smallest absolute Gasteiger partial charge is 0.387 e. The van der Waals surface area contributed by atoms with Gasteiger partial charge in [-0.05, 0) is 43.5 Å². The number of likely N-dealkylation sites (tertiary alicyclic amines) is 1. The number of ether oxygens (including phenoxy) is 2. The van der Waals surface area contributed by atoms with Gasteiger partial charge in [0.2, 0.25) is 0 Å². The molecule has 0 bridgehead atoms. The standard InChI is InChI=1S/C32H38F2N10O3S/c1-20(2)48-24-4-5-28(47-32(33)34)25(14-24)29-27(37-31(45)26-15-36-43-10-3-9-35-30(26)43)18-42(39-29)16-21-17-44(40-38-21)22-6-11-41(12-7-22)23-8-13-46-19-23/h3-5,9-10,14-15,17-18,20,22-23,32,38,40H,6-8,11-13,16,19H2,1-2H3,(H,37,45). The molecule has 0 saturated carbocycles. The number of fused-ring (bicyclic) bond motifs is 1. The van der Waals surface area contributed by atoms with Crippen LogP contribution in [0, 0.1) is 0 Å². The van der Waals surface area contributed by atoms with E-state index in [9.17, 15) is 13.6 Å². The first kappa shape index (κ1) is 32.3. The van der Waals surface area contributed by atoms with Crippen LogP contribution in [-0.2, 0) is 11.3 Å². The number of allylic oxidation sites excluding steroid dienone is 1. The summed E-state index contributed by atoms with van der Waals surface area (Å²) in [6, 6.07) is 7.58. The van der Waals surface area contributed by atoms with Gasteiger partial charge in [0.25, 0.3) is 5.91 Å². The van der Waals surface area contributed by atoms with E-state index >= 15 is 0 Å². The molecule has 0 radical (unpaired) electrons. The minimum atomic E-state index is -3.04. The van der Waals surface area contributed by atoms with Crippen molar-refractivity contribution in [2.75, 3.05) is 31.6 Å². The number of carbonyl (C=O) groups excluding carboxylic acids is 1. The molecule has 3 aliphatic rings. The lowest BCUT2D eigenvalue weighted by atomic mass is 10.0. The van der Waals surface area contributed by atoms with Crippen molar-refractivity contribution in [3.8, 4) is 17.0 Å². The highest BCUT2D eigenvalue weighted by atomic mass is 32.2. The van der Waals surface area contributed by atoms with Gasteiger partial charge in [-0.3, -0.25) is 19.4 Å². The second kappa shape index (κ2) is 14.1. The number of nitrogens with one attached hydrogen (secondary N) is 3. The van der Waals surface area contributed by atoms with Gasteiger partial charge in [-0.15, -0.1) is 17.3 Å². The van der Waals surface area contributed by atoms with E-state index in [0.29, 0.717) is 41.2 Å². The molecule has 6 heterocycles. The van der Waals surface area contributed by atoms with Crippen molar-refractivity contribution in [3.63, 3.8) is 0 Å². The number of anilines is 1. The van der Waals surface area contributed by atoms with Gasteiger partial charge in [0, 0.05) is 72.3 Å². The van der Waals surface area contributed by atoms with Gasteiger partial charge in [-0.1, -0.05) is 13.8 Å². The molecular formula is C32H38F2N10O3S. The molecule has 4 aromatic rings. The van der Waals surface area contributed by atoms with Crippen LogP contribution in [0.25, 0.3) is 16.9 Å². The molecule has 3 N–H and O–H groups in total. The Labute approximate surface area is 280 Å². The van der Waals surface area contributed by atoms with Crippen LogP contribution in [0.5, 0.6) is 5.75 Å². The van der Waals surface area contributed by atoms with Crippen molar-refractivity contribution in [2.45, 2.75) is 68.5 Å². The van der Waals surface area contributed by atoms with Gasteiger partial charge >= 0.3 is 6.61 Å². The third-order valence-electron chi connectivity index (χ3n) is 8.62. The molecule has 0 aliphatic carbocycles. The van der Waals surface area contributed by atoms with E-state index in [1.165, 1.54) is 16.8 Å². The summed E-state index contributed by atoms with van der Waals surface area (Å²) in [5.41, 5.74) is 8.97. The van der Waals surface area contributed by atoms with Gasteiger partial charge in [-0.25, -0.2) is 9.50 Å². The zero-order chi connectivity index (χ0) is 33.2. The molecule has 1 aromatic carbocycles. The number of amides is 1. The van der Waals surface area contributed by atoms with Crippen LogP contribution in [0.3, 0.4) is 0 Å². The van der Waals surface area contributed by atoms with Crippen molar-refractivity contribution in [1.82, 2.24) is 45.2 Å². The molecule has 2 saturated heterocycles. The van der Waals surface area contributed by atoms with Crippen LogP contribution in [0.1, 0.15) is 43.5 Å². The van der Waals surface area contributed by atoms with E-state index in [2.05, 4.69) is 36.3 Å². The highest BCUT2D eigenvalue weighted by molar-refractivity contribution is 7.99. The number of aromatic nitrogens is 5. The number of alkyl halides is 2. The average Bonchev–Trinajstić information content (AvgIpc) is 3.89. The van der Waals surface area contributed by atoms with E-state index < -0.39 is 12.5 Å². The fourth-order valence-electron chi connectivity index (χ4n) is 6.37. The topological polar surface area (TPSA) is 126 Å². The molecule has 0 spiro atoms. The van der Waals surface area contributed by atoms with Crippen LogP contribution in [0.4, 0.5) is 14.5 Å². The molecule has 7 rings (SSSR count). The first-order valence-corrected chi connectivity index (χ1v) is 16.9. The Morgan fingerprint density at radius 2 is 2.06 bits per heavy atom. The van der Waals surface area contributed by atoms with Crippen LogP contribution in [0.2, 0.25) is 0 Å². The van der Waals surface area contributed by atoms with E-state index in [1.54, 1.807) is 53.2 Å². The van der Waals surface area contributed by atoms with Crippen molar-refractivity contribution >= 4 is 29.0 Å². The number of nitrogens with zero attached hydrogens (tertiary/aromatic N) is 7. The molecule has 1 atom stereocenters. The van der Waals surface area contributed by atoms with E-state index in [0.717, 1.165) is 56.2 Å². The zero-order valence-corrected chi connectivity index (χ0v) is 27.5. The molecule has 1 amide bonds. The maximum atomic E-state index is 13.6. The Bertz CT molecular complexity index is 1780. The third-order valence-corrected chi connectivity index (χ3v) is 9.61. The van der Waals surface area contributed by atoms with Gasteiger partial charge in [0.05, 0.1) is 30.7 Å². The molecule has 16 heteroatoms. The molecule has 3 aliphatic heterocycles. The summed E-state index contributed by atoms with van der Waals surface area (Å²) >= 11 is 1.58. The third kappa shape index (κ3) is 7.11. The predicted octanol–water partition coefficient (Wildman–Crippen LogP) is 4.37. The average molecular weight is 681 g/mol. The molecule has 254 valence electrons. The summed E-state index contributed by atoms with van der Waals surface area (Å²) in [6.45, 7) is 5.08. The monoisotopic (exact) mass is 680 g/mol. The number of hydrogen-bond acceptors (Lipinski definition) is 11. The van der Waals surface area contributed by atoms with Crippen molar-refractivity contribution in [3.05, 3.63) is 66.5 Å². The molecule has 3 aromatic heterocycles. The minimum absolute atomic E-state index is 0.0435. The quantitative estimate of drug-likeness (QED) is 0.196.